The first-order chi connectivity index (χ1) is 9.65. The number of fused-ring (bicyclic) bond motifs is 1. The summed E-state index contributed by atoms with van der Waals surface area (Å²) >= 11 is 0. The first-order valence-electron chi connectivity index (χ1n) is 6.00. The average molecular weight is 275 g/mol. The fourth-order valence-electron chi connectivity index (χ4n) is 2.12. The molecule has 0 aliphatic rings. The molecule has 0 bridgehead atoms. The lowest BCUT2D eigenvalue weighted by molar-refractivity contribution is -0.0487. The average Bonchev–Trinajstić information content (AvgIpc) is 2.83. The Bertz CT molecular complexity index is 755. The molecule has 0 atom stereocenters. The number of benzene rings is 1. The van der Waals surface area contributed by atoms with E-state index in [2.05, 4.69) is 14.7 Å². The highest BCUT2D eigenvalue weighted by atomic mass is 19.3. The van der Waals surface area contributed by atoms with Crippen LogP contribution in [0.3, 0.4) is 0 Å². The third-order valence-electron chi connectivity index (χ3n) is 2.92. The summed E-state index contributed by atoms with van der Waals surface area (Å²) in [6.45, 7) is -1.05. The normalized spacial score (nSPS) is 11.2. The number of alkyl halides is 2. The van der Waals surface area contributed by atoms with Crippen molar-refractivity contribution < 1.29 is 13.5 Å². The van der Waals surface area contributed by atoms with Crippen LogP contribution < -0.4 is 4.74 Å². The van der Waals surface area contributed by atoms with E-state index in [-0.39, 0.29) is 5.75 Å². The van der Waals surface area contributed by atoms with E-state index < -0.39 is 6.61 Å². The first-order valence-corrected chi connectivity index (χ1v) is 6.00. The lowest BCUT2D eigenvalue weighted by Gasteiger charge is -2.08. The van der Waals surface area contributed by atoms with Crippen molar-refractivity contribution in [1.82, 2.24) is 14.5 Å². The van der Waals surface area contributed by atoms with Crippen molar-refractivity contribution in [2.24, 2.45) is 0 Å². The quantitative estimate of drug-likeness (QED) is 0.736. The van der Waals surface area contributed by atoms with E-state index in [1.54, 1.807) is 37.5 Å². The number of aromatic nitrogens is 3. The van der Waals surface area contributed by atoms with Gasteiger partial charge in [0, 0.05) is 17.8 Å². The molecule has 4 nitrogen and oxygen atoms in total. The second-order valence-electron chi connectivity index (χ2n) is 4.22. The monoisotopic (exact) mass is 275 g/mol. The molecule has 0 spiro atoms. The molecule has 3 aromatic rings. The van der Waals surface area contributed by atoms with Gasteiger partial charge in [0.05, 0.1) is 5.52 Å². The Morgan fingerprint density at radius 3 is 2.80 bits per heavy atom. The number of hydrogen-bond donors (Lipinski definition) is 0. The maximum atomic E-state index is 12.4. The predicted octanol–water partition coefficient (Wildman–Crippen LogP) is 3.33. The third kappa shape index (κ3) is 2.20. The van der Waals surface area contributed by atoms with E-state index in [0.29, 0.717) is 17.0 Å². The molecule has 1 aromatic carbocycles. The maximum Gasteiger partial charge on any atom is 0.387 e. The van der Waals surface area contributed by atoms with E-state index in [0.717, 1.165) is 5.52 Å². The molecule has 2 aromatic heterocycles. The molecule has 0 fully saturated rings. The van der Waals surface area contributed by atoms with E-state index in [1.165, 1.54) is 6.07 Å². The summed E-state index contributed by atoms with van der Waals surface area (Å²) in [7, 11) is 0. The van der Waals surface area contributed by atoms with Crippen molar-refractivity contribution in [3.63, 3.8) is 0 Å². The van der Waals surface area contributed by atoms with Gasteiger partial charge in [-0.1, -0.05) is 6.07 Å². The molecule has 102 valence electrons. The molecule has 0 unspecified atom stereocenters. The second-order valence-corrected chi connectivity index (χ2v) is 4.22. The number of hydrogen-bond acceptors (Lipinski definition) is 3. The first kappa shape index (κ1) is 12.5. The van der Waals surface area contributed by atoms with Crippen LogP contribution in [0.15, 0.2) is 42.7 Å². The van der Waals surface area contributed by atoms with Gasteiger partial charge in [-0.2, -0.15) is 8.78 Å². The predicted molar refractivity (Wildman–Crippen MR) is 70.2 cm³/mol. The standard InChI is InChI=1S/C14H11F2N3O/c1-9-17-7-5-13(18-9)19-8-6-10-11(19)3-2-4-12(10)20-14(15)16/h2-8,14H,1H3. The third-order valence-corrected chi connectivity index (χ3v) is 2.92. The fraction of sp³-hybridized carbons (Fsp3) is 0.143. The molecule has 0 saturated heterocycles. The molecular formula is C14H11F2N3O. The Kier molecular flexibility index (Phi) is 3.06. The van der Waals surface area contributed by atoms with Crippen LogP contribution in [0.2, 0.25) is 0 Å². The van der Waals surface area contributed by atoms with Gasteiger partial charge in [0.1, 0.15) is 17.4 Å². The molecular weight excluding hydrogens is 264 g/mol. The Morgan fingerprint density at radius 2 is 2.05 bits per heavy atom. The number of nitrogens with zero attached hydrogens (tertiary/aromatic N) is 3. The second kappa shape index (κ2) is 4.88. The summed E-state index contributed by atoms with van der Waals surface area (Å²) in [6.07, 6.45) is 3.42. The molecule has 0 saturated carbocycles. The van der Waals surface area contributed by atoms with Gasteiger partial charge in [-0.15, -0.1) is 0 Å². The molecule has 0 N–H and O–H groups in total. The van der Waals surface area contributed by atoms with Crippen molar-refractivity contribution in [3.8, 4) is 11.6 Å². The number of rotatable bonds is 3. The van der Waals surface area contributed by atoms with Gasteiger partial charge < -0.3 is 9.30 Å². The van der Waals surface area contributed by atoms with Gasteiger partial charge in [-0.3, -0.25) is 0 Å². The number of halogens is 2. The molecule has 3 rings (SSSR count). The van der Waals surface area contributed by atoms with E-state index in [4.69, 9.17) is 0 Å². The zero-order valence-electron chi connectivity index (χ0n) is 10.6. The van der Waals surface area contributed by atoms with Gasteiger partial charge in [0.25, 0.3) is 0 Å². The highest BCUT2D eigenvalue weighted by molar-refractivity contribution is 5.87. The summed E-state index contributed by atoms with van der Waals surface area (Å²) in [6, 6.07) is 8.50. The Hall–Kier alpha value is -2.50. The maximum absolute atomic E-state index is 12.4. The van der Waals surface area contributed by atoms with Crippen LogP contribution in [0.1, 0.15) is 5.82 Å². The molecule has 0 radical (unpaired) electrons. The van der Waals surface area contributed by atoms with Crippen LogP contribution in [0.4, 0.5) is 8.78 Å². The summed E-state index contributed by atoms with van der Waals surface area (Å²) in [5.41, 5.74) is 0.751. The minimum atomic E-state index is -2.84. The molecule has 2 heterocycles. The van der Waals surface area contributed by atoms with Gasteiger partial charge in [0.2, 0.25) is 0 Å². The topological polar surface area (TPSA) is 39.9 Å². The Labute approximate surface area is 113 Å². The highest BCUT2D eigenvalue weighted by Crippen LogP contribution is 2.29. The summed E-state index contributed by atoms with van der Waals surface area (Å²) in [4.78, 5) is 8.36. The Balaban J connectivity index is 2.15. The van der Waals surface area contributed by atoms with Crippen LogP contribution in [0.5, 0.6) is 5.75 Å². The van der Waals surface area contributed by atoms with Crippen LogP contribution in [0.25, 0.3) is 16.7 Å². The Morgan fingerprint density at radius 1 is 1.20 bits per heavy atom. The van der Waals surface area contributed by atoms with Crippen LogP contribution in [-0.4, -0.2) is 21.1 Å². The molecule has 20 heavy (non-hydrogen) atoms. The lowest BCUT2D eigenvalue weighted by atomic mass is 10.2. The molecule has 0 aliphatic carbocycles. The minimum Gasteiger partial charge on any atom is -0.434 e. The fourth-order valence-corrected chi connectivity index (χ4v) is 2.12. The van der Waals surface area contributed by atoms with Gasteiger partial charge in [-0.25, -0.2) is 9.97 Å². The van der Waals surface area contributed by atoms with Crippen molar-refractivity contribution in [1.29, 1.82) is 0 Å². The molecule has 0 amide bonds. The van der Waals surface area contributed by atoms with Crippen molar-refractivity contribution in [3.05, 3.63) is 48.5 Å². The van der Waals surface area contributed by atoms with E-state index in [9.17, 15) is 8.78 Å². The van der Waals surface area contributed by atoms with E-state index in [1.807, 2.05) is 10.6 Å². The summed E-state index contributed by atoms with van der Waals surface area (Å²) in [5.74, 6) is 1.48. The lowest BCUT2D eigenvalue weighted by Crippen LogP contribution is -2.02. The van der Waals surface area contributed by atoms with Crippen molar-refractivity contribution >= 4 is 10.9 Å². The zero-order chi connectivity index (χ0) is 14.1. The SMILES string of the molecule is Cc1nccc(-n2ccc3c(OC(F)F)cccc32)n1. The zero-order valence-corrected chi connectivity index (χ0v) is 10.6. The minimum absolute atomic E-state index is 0.155. The number of ether oxygens (including phenoxy) is 1. The van der Waals surface area contributed by atoms with E-state index >= 15 is 0 Å². The van der Waals surface area contributed by atoms with Crippen LogP contribution in [0, 0.1) is 6.92 Å². The largest absolute Gasteiger partial charge is 0.434 e. The van der Waals surface area contributed by atoms with Crippen molar-refractivity contribution in [2.45, 2.75) is 13.5 Å². The summed E-state index contributed by atoms with van der Waals surface area (Å²) in [5, 5.41) is 0.615. The smallest absolute Gasteiger partial charge is 0.387 e. The van der Waals surface area contributed by atoms with Crippen LogP contribution in [-0.2, 0) is 0 Å². The van der Waals surface area contributed by atoms with Gasteiger partial charge in [-0.05, 0) is 31.2 Å². The van der Waals surface area contributed by atoms with Gasteiger partial charge in [0.15, 0.2) is 0 Å². The molecule has 0 aliphatic heterocycles. The molecule has 6 heteroatoms. The number of aryl methyl sites for hydroxylation is 1. The van der Waals surface area contributed by atoms with Crippen LogP contribution >= 0.6 is 0 Å². The van der Waals surface area contributed by atoms with Crippen molar-refractivity contribution in [2.75, 3.05) is 0 Å². The van der Waals surface area contributed by atoms with Gasteiger partial charge >= 0.3 is 6.61 Å². The summed E-state index contributed by atoms with van der Waals surface area (Å²) < 4.78 is 31.1. The highest BCUT2D eigenvalue weighted by Gasteiger charge is 2.11.